The highest BCUT2D eigenvalue weighted by Crippen LogP contribution is 2.33. The van der Waals surface area contributed by atoms with Crippen LogP contribution in [-0.4, -0.2) is 37.2 Å². The van der Waals surface area contributed by atoms with Crippen LogP contribution in [-0.2, 0) is 20.2 Å². The average Bonchev–Trinajstić information content (AvgIpc) is 2.68. The SMILES string of the molecule is CC(C)C1CC[C@H](C)CC1O.Cc1ccc(S(=O)(=O)O)cc1.O=S(=O)(O)c1ccccc1. The minimum atomic E-state index is -4.02. The van der Waals surface area contributed by atoms with Crippen LogP contribution in [0.3, 0.4) is 0 Å². The maximum Gasteiger partial charge on any atom is 0.294 e. The maximum absolute atomic E-state index is 10.5. The molecule has 9 heteroatoms. The Balaban J connectivity index is 0.000000240. The van der Waals surface area contributed by atoms with Gasteiger partial charge in [0.15, 0.2) is 0 Å². The molecule has 0 saturated heterocycles. The lowest BCUT2D eigenvalue weighted by atomic mass is 9.75. The van der Waals surface area contributed by atoms with E-state index in [0.29, 0.717) is 11.8 Å². The number of hydrogen-bond acceptors (Lipinski definition) is 5. The summed E-state index contributed by atoms with van der Waals surface area (Å²) in [5, 5.41) is 9.71. The maximum atomic E-state index is 10.5. The molecule has 2 aromatic carbocycles. The van der Waals surface area contributed by atoms with Gasteiger partial charge in [-0.1, -0.05) is 63.1 Å². The first-order chi connectivity index (χ1) is 14.7. The molecule has 1 aliphatic rings. The van der Waals surface area contributed by atoms with Crippen molar-refractivity contribution in [3.63, 3.8) is 0 Å². The third-order valence-electron chi connectivity index (χ3n) is 5.35. The monoisotopic (exact) mass is 486 g/mol. The van der Waals surface area contributed by atoms with Gasteiger partial charge in [0.1, 0.15) is 0 Å². The lowest BCUT2D eigenvalue weighted by molar-refractivity contribution is 0.0266. The predicted molar refractivity (Wildman–Crippen MR) is 125 cm³/mol. The molecular weight excluding hydrogens is 452 g/mol. The van der Waals surface area contributed by atoms with Crippen molar-refractivity contribution in [2.75, 3.05) is 0 Å². The summed E-state index contributed by atoms with van der Waals surface area (Å²) in [5.74, 6) is 1.95. The van der Waals surface area contributed by atoms with Crippen LogP contribution in [0.4, 0.5) is 0 Å². The molecular formula is C23H34O7S2. The van der Waals surface area contributed by atoms with Gasteiger partial charge in [-0.3, -0.25) is 9.11 Å². The zero-order valence-electron chi connectivity index (χ0n) is 18.9. The molecule has 2 unspecified atom stereocenters. The molecule has 7 nitrogen and oxygen atoms in total. The topological polar surface area (TPSA) is 129 Å². The minimum Gasteiger partial charge on any atom is -0.393 e. The molecule has 3 atom stereocenters. The molecule has 0 aromatic heterocycles. The van der Waals surface area contributed by atoms with E-state index in [1.807, 2.05) is 6.92 Å². The van der Waals surface area contributed by atoms with Crippen molar-refractivity contribution in [1.82, 2.24) is 0 Å². The Kier molecular flexibility index (Phi) is 11.0. The summed E-state index contributed by atoms with van der Waals surface area (Å²) < 4.78 is 58.8. The van der Waals surface area contributed by atoms with E-state index in [9.17, 15) is 21.9 Å². The third kappa shape index (κ3) is 10.2. The number of aryl methyl sites for hydroxylation is 1. The van der Waals surface area contributed by atoms with E-state index in [2.05, 4.69) is 20.8 Å². The zero-order chi connectivity index (χ0) is 24.5. The summed E-state index contributed by atoms with van der Waals surface area (Å²) in [7, 11) is -8.02. The average molecular weight is 487 g/mol. The van der Waals surface area contributed by atoms with E-state index in [0.717, 1.165) is 17.9 Å². The van der Waals surface area contributed by atoms with E-state index in [1.54, 1.807) is 30.3 Å². The van der Waals surface area contributed by atoms with E-state index in [1.165, 1.54) is 37.1 Å². The fourth-order valence-electron chi connectivity index (χ4n) is 3.45. The van der Waals surface area contributed by atoms with Crippen molar-refractivity contribution in [3.05, 3.63) is 60.2 Å². The molecule has 32 heavy (non-hydrogen) atoms. The number of rotatable bonds is 3. The molecule has 3 N–H and O–H groups in total. The highest BCUT2D eigenvalue weighted by molar-refractivity contribution is 7.86. The van der Waals surface area contributed by atoms with Crippen LogP contribution in [0.15, 0.2) is 64.4 Å². The number of aliphatic hydroxyl groups excluding tert-OH is 1. The molecule has 0 heterocycles. The van der Waals surface area contributed by atoms with Gasteiger partial charge in [-0.15, -0.1) is 0 Å². The highest BCUT2D eigenvalue weighted by atomic mass is 32.2. The van der Waals surface area contributed by atoms with E-state index in [-0.39, 0.29) is 15.9 Å². The van der Waals surface area contributed by atoms with Gasteiger partial charge >= 0.3 is 0 Å². The van der Waals surface area contributed by atoms with Crippen LogP contribution in [0.1, 0.15) is 45.6 Å². The Morgan fingerprint density at radius 2 is 1.28 bits per heavy atom. The normalized spacial score (nSPS) is 21.1. The minimum absolute atomic E-state index is 0.0289. The van der Waals surface area contributed by atoms with Crippen molar-refractivity contribution in [3.8, 4) is 0 Å². The molecule has 0 amide bonds. The molecule has 0 bridgehead atoms. The van der Waals surface area contributed by atoms with Gasteiger partial charge in [0.2, 0.25) is 0 Å². The van der Waals surface area contributed by atoms with Crippen LogP contribution in [0.2, 0.25) is 0 Å². The van der Waals surface area contributed by atoms with Crippen LogP contribution in [0, 0.1) is 24.7 Å². The summed E-state index contributed by atoms with van der Waals surface area (Å²) in [5.41, 5.74) is 0.956. The second-order valence-electron chi connectivity index (χ2n) is 8.47. The molecule has 0 aliphatic heterocycles. The van der Waals surface area contributed by atoms with Gasteiger partial charge < -0.3 is 5.11 Å². The van der Waals surface area contributed by atoms with Gasteiger partial charge in [-0.05, 0) is 61.8 Å². The number of hydrogen-bond donors (Lipinski definition) is 3. The van der Waals surface area contributed by atoms with Gasteiger partial charge in [-0.25, -0.2) is 0 Å². The predicted octanol–water partition coefficient (Wildman–Crippen LogP) is 4.61. The Morgan fingerprint density at radius 3 is 1.66 bits per heavy atom. The first-order valence-electron chi connectivity index (χ1n) is 10.5. The van der Waals surface area contributed by atoms with Gasteiger partial charge in [0.25, 0.3) is 20.2 Å². The molecule has 0 radical (unpaired) electrons. The molecule has 0 spiro atoms. The van der Waals surface area contributed by atoms with Crippen molar-refractivity contribution in [2.45, 2.75) is 62.9 Å². The number of benzene rings is 2. The van der Waals surface area contributed by atoms with Gasteiger partial charge in [-0.2, -0.15) is 16.8 Å². The molecule has 1 aliphatic carbocycles. The summed E-state index contributed by atoms with van der Waals surface area (Å²) in [6.07, 6.45) is 3.52. The molecule has 180 valence electrons. The fourth-order valence-corrected chi connectivity index (χ4v) is 4.44. The summed E-state index contributed by atoms with van der Waals surface area (Å²) in [4.78, 5) is -0.141. The Labute approximate surface area is 192 Å². The second kappa shape index (κ2) is 12.5. The van der Waals surface area contributed by atoms with Crippen molar-refractivity contribution >= 4 is 20.2 Å². The largest absolute Gasteiger partial charge is 0.393 e. The molecule has 2 aromatic rings. The lowest BCUT2D eigenvalue weighted by Gasteiger charge is -2.33. The standard InChI is InChI=1S/C10H20O.C7H8O3S.C6H6O3S/c1-7(2)9-5-4-8(3)6-10(9)11;1-6-2-4-7(5-3-6)11(8,9)10;7-10(8,9)6-4-2-1-3-5-6/h7-11H,4-6H2,1-3H3;2-5H,1H3,(H,8,9,10);1-5H,(H,7,8,9)/t8-,9?,10?;;/m0../s1. The zero-order valence-corrected chi connectivity index (χ0v) is 20.6. The number of aliphatic hydroxyl groups is 1. The van der Waals surface area contributed by atoms with Crippen LogP contribution in [0.5, 0.6) is 0 Å². The quantitative estimate of drug-likeness (QED) is 0.540. The summed E-state index contributed by atoms with van der Waals surface area (Å²) in [6, 6.07) is 13.4. The second-order valence-corrected chi connectivity index (χ2v) is 11.3. The van der Waals surface area contributed by atoms with E-state index >= 15 is 0 Å². The highest BCUT2D eigenvalue weighted by Gasteiger charge is 2.28. The Bertz CT molecular complexity index is 1020. The van der Waals surface area contributed by atoms with Crippen LogP contribution in [0.25, 0.3) is 0 Å². The fraction of sp³-hybridized carbons (Fsp3) is 0.478. The third-order valence-corrected chi connectivity index (χ3v) is 7.08. The van der Waals surface area contributed by atoms with Gasteiger partial charge in [0, 0.05) is 0 Å². The molecule has 1 fully saturated rings. The summed E-state index contributed by atoms with van der Waals surface area (Å²) >= 11 is 0. The molecule has 1 saturated carbocycles. The van der Waals surface area contributed by atoms with Crippen LogP contribution < -0.4 is 0 Å². The van der Waals surface area contributed by atoms with Crippen molar-refractivity contribution < 1.29 is 31.0 Å². The van der Waals surface area contributed by atoms with E-state index in [4.69, 9.17) is 9.11 Å². The van der Waals surface area contributed by atoms with Crippen LogP contribution >= 0.6 is 0 Å². The first kappa shape index (κ1) is 28.3. The van der Waals surface area contributed by atoms with E-state index < -0.39 is 20.2 Å². The Hall–Kier alpha value is -1.78. The Morgan fingerprint density at radius 1 is 0.812 bits per heavy atom. The van der Waals surface area contributed by atoms with Crippen molar-refractivity contribution in [1.29, 1.82) is 0 Å². The molecule has 3 rings (SSSR count). The van der Waals surface area contributed by atoms with Gasteiger partial charge in [0.05, 0.1) is 15.9 Å². The first-order valence-corrected chi connectivity index (χ1v) is 13.3. The van der Waals surface area contributed by atoms with Crippen molar-refractivity contribution in [2.24, 2.45) is 17.8 Å². The smallest absolute Gasteiger partial charge is 0.294 e. The lowest BCUT2D eigenvalue weighted by Crippen LogP contribution is -2.31. The summed E-state index contributed by atoms with van der Waals surface area (Å²) in [6.45, 7) is 8.50.